The number of carbonyl (C=O) groups is 1. The Hall–Kier alpha value is -2.34. The van der Waals surface area contributed by atoms with Crippen molar-refractivity contribution in [3.05, 3.63) is 60.2 Å². The zero-order valence-electron chi connectivity index (χ0n) is 15.1. The number of amides is 1. The van der Waals surface area contributed by atoms with Crippen LogP contribution in [0.25, 0.3) is 0 Å². The predicted molar refractivity (Wildman–Crippen MR) is 103 cm³/mol. The lowest BCUT2D eigenvalue weighted by atomic mass is 9.99. The first-order valence-electron chi connectivity index (χ1n) is 8.83. The first-order chi connectivity index (χ1) is 12.4. The molecule has 1 aliphatic rings. The molecule has 0 N–H and O–H groups in total. The van der Waals surface area contributed by atoms with Crippen LogP contribution in [0.2, 0.25) is 0 Å². The molecular weight excluding hydrogens is 348 g/mol. The number of carbonyl (C=O) groups excluding carboxylic acids is 1. The van der Waals surface area contributed by atoms with Crippen LogP contribution in [0.3, 0.4) is 0 Å². The van der Waals surface area contributed by atoms with Crippen molar-refractivity contribution in [1.29, 1.82) is 0 Å². The topological polar surface area (TPSA) is 57.7 Å². The normalized spacial score (nSPS) is 17.8. The summed E-state index contributed by atoms with van der Waals surface area (Å²) in [5.74, 6) is 0.459. The quantitative estimate of drug-likeness (QED) is 0.827. The van der Waals surface area contributed by atoms with E-state index >= 15 is 0 Å². The molecule has 2 aromatic carbocycles. The summed E-state index contributed by atoms with van der Waals surface area (Å²) in [6, 6.07) is 15.1. The highest BCUT2D eigenvalue weighted by Gasteiger charge is 2.24. The molecule has 2 aromatic rings. The van der Waals surface area contributed by atoms with Gasteiger partial charge in [0.15, 0.2) is 0 Å². The fourth-order valence-corrected chi connectivity index (χ4v) is 4.49. The van der Waals surface area contributed by atoms with Crippen molar-refractivity contribution < 1.29 is 13.2 Å². The van der Waals surface area contributed by atoms with Crippen molar-refractivity contribution in [2.45, 2.75) is 24.7 Å². The van der Waals surface area contributed by atoms with Crippen molar-refractivity contribution in [2.24, 2.45) is 5.92 Å². The van der Waals surface area contributed by atoms with Gasteiger partial charge in [-0.25, -0.2) is 8.42 Å². The standard InChI is InChI=1S/C20H24N2O3S/c1-16-8-7-13-22(15-16)20(23)17-9-6-10-18(14-17)21(2)26(24,25)19-11-4-3-5-12-19/h3-6,9-12,14,16H,7-8,13,15H2,1-2H3/t16-/m1/s1. The minimum absolute atomic E-state index is 0.0380. The Morgan fingerprint density at radius 2 is 1.85 bits per heavy atom. The fourth-order valence-electron chi connectivity index (χ4n) is 3.28. The van der Waals surface area contributed by atoms with E-state index in [9.17, 15) is 13.2 Å². The van der Waals surface area contributed by atoms with Crippen LogP contribution in [-0.2, 0) is 10.0 Å². The Labute approximate surface area is 155 Å². The molecule has 1 aliphatic heterocycles. The fraction of sp³-hybridized carbons (Fsp3) is 0.350. The molecule has 0 unspecified atom stereocenters. The van der Waals surface area contributed by atoms with Crippen molar-refractivity contribution in [2.75, 3.05) is 24.4 Å². The van der Waals surface area contributed by atoms with Gasteiger partial charge in [-0.15, -0.1) is 0 Å². The molecule has 0 spiro atoms. The van der Waals surface area contributed by atoms with Gasteiger partial charge in [0.05, 0.1) is 10.6 Å². The van der Waals surface area contributed by atoms with Gasteiger partial charge in [-0.2, -0.15) is 0 Å². The van der Waals surface area contributed by atoms with Gasteiger partial charge in [0, 0.05) is 25.7 Å². The van der Waals surface area contributed by atoms with Crippen molar-refractivity contribution in [3.8, 4) is 0 Å². The summed E-state index contributed by atoms with van der Waals surface area (Å²) in [7, 11) is -2.15. The number of hydrogen-bond donors (Lipinski definition) is 0. The molecule has 5 nitrogen and oxygen atoms in total. The minimum Gasteiger partial charge on any atom is -0.338 e. The maximum atomic E-state index is 12.8. The van der Waals surface area contributed by atoms with Crippen molar-refractivity contribution in [3.63, 3.8) is 0 Å². The lowest BCUT2D eigenvalue weighted by molar-refractivity contribution is 0.0683. The SMILES string of the molecule is C[C@@H]1CCCN(C(=O)c2cccc(N(C)S(=O)(=O)c3ccccc3)c2)C1. The Kier molecular flexibility index (Phi) is 5.32. The highest BCUT2D eigenvalue weighted by Crippen LogP contribution is 2.24. The Morgan fingerprint density at radius 3 is 2.54 bits per heavy atom. The van der Waals surface area contributed by atoms with Gasteiger partial charge in [-0.1, -0.05) is 31.2 Å². The summed E-state index contributed by atoms with van der Waals surface area (Å²) in [5, 5.41) is 0. The van der Waals surface area contributed by atoms with Crippen LogP contribution in [-0.4, -0.2) is 39.4 Å². The van der Waals surface area contributed by atoms with Gasteiger partial charge in [0.2, 0.25) is 0 Å². The number of rotatable bonds is 4. The largest absolute Gasteiger partial charge is 0.338 e. The second-order valence-electron chi connectivity index (χ2n) is 6.83. The number of piperidine rings is 1. The van der Waals surface area contributed by atoms with E-state index in [0.29, 0.717) is 17.2 Å². The van der Waals surface area contributed by atoms with Crippen LogP contribution in [0, 0.1) is 5.92 Å². The van der Waals surface area contributed by atoms with E-state index < -0.39 is 10.0 Å². The minimum atomic E-state index is -3.66. The summed E-state index contributed by atoms with van der Waals surface area (Å²) in [4.78, 5) is 14.9. The summed E-state index contributed by atoms with van der Waals surface area (Å²) >= 11 is 0. The average molecular weight is 372 g/mol. The predicted octanol–water partition coefficient (Wildman–Crippen LogP) is 3.38. The van der Waals surface area contributed by atoms with Crippen LogP contribution >= 0.6 is 0 Å². The van der Waals surface area contributed by atoms with Crippen molar-refractivity contribution in [1.82, 2.24) is 4.90 Å². The van der Waals surface area contributed by atoms with Gasteiger partial charge >= 0.3 is 0 Å². The lowest BCUT2D eigenvalue weighted by Crippen LogP contribution is -2.39. The summed E-state index contributed by atoms with van der Waals surface area (Å²) < 4.78 is 26.8. The molecule has 1 atom stereocenters. The Bertz CT molecular complexity index is 881. The van der Waals surface area contributed by atoms with Crippen LogP contribution < -0.4 is 4.31 Å². The molecule has 26 heavy (non-hydrogen) atoms. The number of anilines is 1. The molecule has 138 valence electrons. The number of nitrogens with zero attached hydrogens (tertiary/aromatic N) is 2. The molecule has 0 aromatic heterocycles. The summed E-state index contributed by atoms with van der Waals surface area (Å²) in [6.07, 6.45) is 2.15. The lowest BCUT2D eigenvalue weighted by Gasteiger charge is -2.31. The van der Waals surface area contributed by atoms with Gasteiger partial charge in [-0.3, -0.25) is 9.10 Å². The first kappa shape index (κ1) is 18.5. The molecule has 1 heterocycles. The molecule has 0 bridgehead atoms. The third-order valence-corrected chi connectivity index (χ3v) is 6.60. The van der Waals surface area contributed by atoms with Crippen LogP contribution in [0.15, 0.2) is 59.5 Å². The molecule has 1 fully saturated rings. The van der Waals surface area contributed by atoms with E-state index in [1.807, 2.05) is 4.90 Å². The zero-order valence-corrected chi connectivity index (χ0v) is 15.9. The Morgan fingerprint density at radius 1 is 1.12 bits per heavy atom. The molecule has 1 saturated heterocycles. The van der Waals surface area contributed by atoms with Gasteiger partial charge in [-0.05, 0) is 49.1 Å². The van der Waals surface area contributed by atoms with E-state index in [2.05, 4.69) is 6.92 Å². The summed E-state index contributed by atoms with van der Waals surface area (Å²) in [5.41, 5.74) is 0.997. The molecule has 6 heteroatoms. The highest BCUT2D eigenvalue weighted by molar-refractivity contribution is 7.92. The molecule has 0 radical (unpaired) electrons. The van der Waals surface area contributed by atoms with Crippen molar-refractivity contribution >= 4 is 21.6 Å². The maximum Gasteiger partial charge on any atom is 0.264 e. The highest BCUT2D eigenvalue weighted by atomic mass is 32.2. The number of likely N-dealkylation sites (tertiary alicyclic amines) is 1. The number of hydrogen-bond acceptors (Lipinski definition) is 3. The zero-order chi connectivity index (χ0) is 18.7. The molecule has 1 amide bonds. The van der Waals surface area contributed by atoms with Gasteiger partial charge in [0.1, 0.15) is 0 Å². The van der Waals surface area contributed by atoms with E-state index in [-0.39, 0.29) is 10.8 Å². The molecular formula is C20H24N2O3S. The van der Waals surface area contributed by atoms with E-state index in [0.717, 1.165) is 25.9 Å². The first-order valence-corrected chi connectivity index (χ1v) is 10.3. The second kappa shape index (κ2) is 7.50. The Balaban J connectivity index is 1.86. The number of sulfonamides is 1. The average Bonchev–Trinajstić information content (AvgIpc) is 2.67. The third-order valence-electron chi connectivity index (χ3n) is 4.80. The summed E-state index contributed by atoms with van der Waals surface area (Å²) in [6.45, 7) is 3.66. The van der Waals surface area contributed by atoms with Crippen LogP contribution in [0.4, 0.5) is 5.69 Å². The molecule has 0 aliphatic carbocycles. The number of benzene rings is 2. The van der Waals surface area contributed by atoms with Crippen LogP contribution in [0.5, 0.6) is 0 Å². The van der Waals surface area contributed by atoms with Gasteiger partial charge < -0.3 is 4.90 Å². The van der Waals surface area contributed by atoms with E-state index in [4.69, 9.17) is 0 Å². The molecule has 3 rings (SSSR count). The maximum absolute atomic E-state index is 12.8. The third kappa shape index (κ3) is 3.75. The second-order valence-corrected chi connectivity index (χ2v) is 8.80. The smallest absolute Gasteiger partial charge is 0.264 e. The molecule has 0 saturated carbocycles. The van der Waals surface area contributed by atoms with E-state index in [1.54, 1.807) is 54.6 Å². The van der Waals surface area contributed by atoms with Crippen LogP contribution in [0.1, 0.15) is 30.1 Å². The monoisotopic (exact) mass is 372 g/mol. The van der Waals surface area contributed by atoms with Gasteiger partial charge in [0.25, 0.3) is 15.9 Å². The van der Waals surface area contributed by atoms with E-state index in [1.165, 1.54) is 11.4 Å².